The van der Waals surface area contributed by atoms with Gasteiger partial charge in [-0.2, -0.15) is 0 Å². The summed E-state index contributed by atoms with van der Waals surface area (Å²) in [5, 5.41) is 23.6. The highest BCUT2D eigenvalue weighted by Gasteiger charge is 2.43. The first-order valence-electron chi connectivity index (χ1n) is 8.53. The van der Waals surface area contributed by atoms with Gasteiger partial charge in [0.1, 0.15) is 0 Å². The van der Waals surface area contributed by atoms with Crippen LogP contribution in [0.5, 0.6) is 0 Å². The molecule has 2 N–H and O–H groups in total. The number of benzene rings is 1. The van der Waals surface area contributed by atoms with Gasteiger partial charge in [0.25, 0.3) is 0 Å². The standard InChI is InChI=1S/C19H24N2O3/c1-4-12-7-6-8-13-16-14(20-24)9-10-19(5-2,11-15(22)23)18(16)21(3)17(12)13/h6-8,24H,4-5,9-11H2,1-3H3,(H,22,23)/b20-14+. The Morgan fingerprint density at radius 2 is 2.12 bits per heavy atom. The smallest absolute Gasteiger partial charge is 0.304 e. The summed E-state index contributed by atoms with van der Waals surface area (Å²) in [4.78, 5) is 11.6. The molecule has 0 fully saturated rings. The second kappa shape index (κ2) is 5.96. The van der Waals surface area contributed by atoms with Gasteiger partial charge in [-0.3, -0.25) is 4.79 Å². The number of rotatable bonds is 4. The molecule has 2 aromatic rings. The van der Waals surface area contributed by atoms with Crippen molar-refractivity contribution in [2.24, 2.45) is 12.2 Å². The molecule has 0 spiro atoms. The van der Waals surface area contributed by atoms with Crippen molar-refractivity contribution in [3.05, 3.63) is 35.0 Å². The summed E-state index contributed by atoms with van der Waals surface area (Å²) < 4.78 is 2.14. The second-order valence-corrected chi connectivity index (χ2v) is 6.70. The molecular formula is C19H24N2O3. The molecule has 5 nitrogen and oxygen atoms in total. The number of carboxylic acids is 1. The van der Waals surface area contributed by atoms with E-state index in [1.54, 1.807) is 0 Å². The number of carboxylic acid groups (broad SMARTS) is 1. The normalized spacial score (nSPS) is 22.0. The van der Waals surface area contributed by atoms with E-state index in [-0.39, 0.29) is 6.42 Å². The largest absolute Gasteiger partial charge is 0.481 e. The number of aryl methyl sites for hydroxylation is 2. The molecule has 128 valence electrons. The summed E-state index contributed by atoms with van der Waals surface area (Å²) in [5.74, 6) is -0.784. The van der Waals surface area contributed by atoms with Crippen LogP contribution in [0.4, 0.5) is 0 Å². The number of carbonyl (C=O) groups is 1. The first-order chi connectivity index (χ1) is 11.5. The molecule has 3 rings (SSSR count). The summed E-state index contributed by atoms with van der Waals surface area (Å²) in [6, 6.07) is 6.18. The minimum absolute atomic E-state index is 0.0980. The van der Waals surface area contributed by atoms with Crippen molar-refractivity contribution in [2.45, 2.75) is 51.4 Å². The van der Waals surface area contributed by atoms with E-state index in [2.05, 4.69) is 22.7 Å². The van der Waals surface area contributed by atoms with Gasteiger partial charge in [0, 0.05) is 29.1 Å². The van der Waals surface area contributed by atoms with Crippen molar-refractivity contribution in [1.82, 2.24) is 4.57 Å². The highest BCUT2D eigenvalue weighted by Crippen LogP contribution is 2.46. The average molecular weight is 328 g/mol. The van der Waals surface area contributed by atoms with Crippen molar-refractivity contribution in [3.63, 3.8) is 0 Å². The fourth-order valence-electron chi connectivity index (χ4n) is 4.43. The SMILES string of the molecule is CCc1cccc2c3c(n(C)c12)C(CC)(CC(=O)O)CC/C3=N\O. The van der Waals surface area contributed by atoms with Crippen LogP contribution < -0.4 is 0 Å². The number of aromatic nitrogens is 1. The number of hydrogen-bond donors (Lipinski definition) is 2. The summed E-state index contributed by atoms with van der Waals surface area (Å²) in [6.45, 7) is 4.17. The lowest BCUT2D eigenvalue weighted by Crippen LogP contribution is -2.36. The van der Waals surface area contributed by atoms with Crippen molar-refractivity contribution in [2.75, 3.05) is 0 Å². The molecule has 0 radical (unpaired) electrons. The van der Waals surface area contributed by atoms with Crippen LogP contribution in [-0.2, 0) is 23.7 Å². The minimum atomic E-state index is -0.784. The van der Waals surface area contributed by atoms with Crippen LogP contribution >= 0.6 is 0 Å². The Labute approximate surface area is 141 Å². The summed E-state index contributed by atoms with van der Waals surface area (Å²) in [7, 11) is 2.01. The van der Waals surface area contributed by atoms with Crippen molar-refractivity contribution in [3.8, 4) is 0 Å². The van der Waals surface area contributed by atoms with Crippen molar-refractivity contribution >= 4 is 22.6 Å². The first kappa shape index (κ1) is 16.6. The Balaban J connectivity index is 2.43. The maximum absolute atomic E-state index is 11.6. The number of para-hydroxylation sites is 1. The Hall–Kier alpha value is -2.30. The summed E-state index contributed by atoms with van der Waals surface area (Å²) >= 11 is 0. The van der Waals surface area contributed by atoms with E-state index < -0.39 is 11.4 Å². The van der Waals surface area contributed by atoms with Gasteiger partial charge in [0.2, 0.25) is 0 Å². The maximum atomic E-state index is 11.6. The van der Waals surface area contributed by atoms with Gasteiger partial charge in [-0.25, -0.2) is 0 Å². The van der Waals surface area contributed by atoms with Crippen LogP contribution in [0.15, 0.2) is 23.4 Å². The first-order valence-corrected chi connectivity index (χ1v) is 8.53. The Morgan fingerprint density at radius 1 is 1.38 bits per heavy atom. The zero-order valence-electron chi connectivity index (χ0n) is 14.5. The zero-order chi connectivity index (χ0) is 17.5. The molecule has 5 heteroatoms. The van der Waals surface area contributed by atoms with Crippen LogP contribution in [0.1, 0.15) is 56.4 Å². The number of nitrogens with zero attached hydrogens (tertiary/aromatic N) is 2. The third-order valence-electron chi connectivity index (χ3n) is 5.60. The monoisotopic (exact) mass is 328 g/mol. The highest BCUT2D eigenvalue weighted by molar-refractivity contribution is 6.13. The Morgan fingerprint density at radius 3 is 2.71 bits per heavy atom. The van der Waals surface area contributed by atoms with Crippen LogP contribution in [0, 0.1) is 0 Å². The molecule has 24 heavy (non-hydrogen) atoms. The van der Waals surface area contributed by atoms with Crippen LogP contribution in [0.25, 0.3) is 10.9 Å². The number of hydrogen-bond acceptors (Lipinski definition) is 3. The number of aliphatic carboxylic acids is 1. The van der Waals surface area contributed by atoms with Crippen LogP contribution in [-0.4, -0.2) is 26.6 Å². The lowest BCUT2D eigenvalue weighted by molar-refractivity contribution is -0.138. The fraction of sp³-hybridized carbons (Fsp3) is 0.474. The molecule has 0 saturated heterocycles. The zero-order valence-corrected chi connectivity index (χ0v) is 14.5. The molecule has 1 aromatic carbocycles. The topological polar surface area (TPSA) is 74.8 Å². The van der Waals surface area contributed by atoms with E-state index in [0.29, 0.717) is 18.6 Å². The highest BCUT2D eigenvalue weighted by atomic mass is 16.4. The second-order valence-electron chi connectivity index (χ2n) is 6.70. The molecular weight excluding hydrogens is 304 g/mol. The van der Waals surface area contributed by atoms with Crippen molar-refractivity contribution in [1.29, 1.82) is 0 Å². The molecule has 0 aliphatic heterocycles. The average Bonchev–Trinajstić information content (AvgIpc) is 2.89. The molecule has 0 bridgehead atoms. The minimum Gasteiger partial charge on any atom is -0.481 e. The van der Waals surface area contributed by atoms with Gasteiger partial charge in [-0.15, -0.1) is 0 Å². The number of oxime groups is 1. The Bertz CT molecular complexity index is 835. The van der Waals surface area contributed by atoms with Gasteiger partial charge in [0.05, 0.1) is 17.6 Å². The maximum Gasteiger partial charge on any atom is 0.304 e. The third kappa shape index (κ3) is 2.22. The van der Waals surface area contributed by atoms with Gasteiger partial charge in [0.15, 0.2) is 0 Å². The molecule has 0 saturated carbocycles. The van der Waals surface area contributed by atoms with E-state index in [0.717, 1.165) is 35.0 Å². The molecule has 1 aliphatic carbocycles. The lowest BCUT2D eigenvalue weighted by Gasteiger charge is -2.37. The van der Waals surface area contributed by atoms with Gasteiger partial charge < -0.3 is 14.9 Å². The van der Waals surface area contributed by atoms with Gasteiger partial charge in [-0.05, 0) is 31.2 Å². The predicted octanol–water partition coefficient (Wildman–Crippen LogP) is 3.84. The quantitative estimate of drug-likeness (QED) is 0.661. The van der Waals surface area contributed by atoms with Crippen molar-refractivity contribution < 1.29 is 15.1 Å². The fourth-order valence-corrected chi connectivity index (χ4v) is 4.43. The van der Waals surface area contributed by atoms with Gasteiger partial charge >= 0.3 is 5.97 Å². The van der Waals surface area contributed by atoms with Gasteiger partial charge in [-0.1, -0.05) is 37.2 Å². The van der Waals surface area contributed by atoms with E-state index in [1.807, 2.05) is 26.1 Å². The molecule has 1 heterocycles. The van der Waals surface area contributed by atoms with E-state index in [1.165, 1.54) is 5.56 Å². The van der Waals surface area contributed by atoms with Crippen LogP contribution in [0.3, 0.4) is 0 Å². The Kier molecular flexibility index (Phi) is 4.11. The molecule has 1 aliphatic rings. The van der Waals surface area contributed by atoms with E-state index >= 15 is 0 Å². The van der Waals surface area contributed by atoms with E-state index in [9.17, 15) is 15.1 Å². The number of fused-ring (bicyclic) bond motifs is 3. The summed E-state index contributed by atoms with van der Waals surface area (Å²) in [6.07, 6.45) is 3.03. The molecule has 0 amide bonds. The summed E-state index contributed by atoms with van der Waals surface area (Å²) in [5.41, 5.74) is 4.52. The third-order valence-corrected chi connectivity index (χ3v) is 5.60. The predicted molar refractivity (Wildman–Crippen MR) is 94.1 cm³/mol. The van der Waals surface area contributed by atoms with Crippen LogP contribution in [0.2, 0.25) is 0 Å². The molecule has 1 aromatic heterocycles. The molecule has 1 unspecified atom stereocenters. The molecule has 1 atom stereocenters. The lowest BCUT2D eigenvalue weighted by atomic mass is 9.68. The van der Waals surface area contributed by atoms with E-state index in [4.69, 9.17) is 0 Å².